The second-order valence-electron chi connectivity index (χ2n) is 4.38. The maximum atomic E-state index is 12.3. The van der Waals surface area contributed by atoms with Gasteiger partial charge in [0.2, 0.25) is 0 Å². The molecule has 0 fully saturated rings. The van der Waals surface area contributed by atoms with Gasteiger partial charge in [-0.15, -0.1) is 23.5 Å². The zero-order valence-corrected chi connectivity index (χ0v) is 12.8. The standard InChI is InChI=1S/C14H16O3S2/c1-8-13(15)11-5-4-10(18-3)6-9(11)7-12(19-8)14(16)17-2/h4-6,8,12H,7H2,1-3H3. The van der Waals surface area contributed by atoms with Crippen LogP contribution in [0.3, 0.4) is 0 Å². The number of fused-ring (bicyclic) bond motifs is 1. The number of ketones is 1. The van der Waals surface area contributed by atoms with Gasteiger partial charge < -0.3 is 4.74 Å². The number of hydrogen-bond donors (Lipinski definition) is 0. The van der Waals surface area contributed by atoms with Crippen LogP contribution in [0.2, 0.25) is 0 Å². The number of Topliss-reactive ketones (excluding diaryl/α,β-unsaturated/α-hetero) is 1. The monoisotopic (exact) mass is 296 g/mol. The fourth-order valence-corrected chi connectivity index (χ4v) is 3.84. The number of esters is 1. The maximum absolute atomic E-state index is 12.3. The number of rotatable bonds is 2. The lowest BCUT2D eigenvalue weighted by molar-refractivity contribution is -0.139. The molecule has 1 aliphatic rings. The molecule has 1 aliphatic heterocycles. The molecule has 5 heteroatoms. The third-order valence-electron chi connectivity index (χ3n) is 3.18. The third-order valence-corrected chi connectivity index (χ3v) is 5.22. The Labute approximate surface area is 121 Å². The fraction of sp³-hybridized carbons (Fsp3) is 0.429. The molecule has 0 spiro atoms. The molecule has 0 saturated heterocycles. The average molecular weight is 296 g/mol. The molecule has 0 bridgehead atoms. The summed E-state index contributed by atoms with van der Waals surface area (Å²) in [5.74, 6) is -0.161. The van der Waals surface area contributed by atoms with E-state index in [-0.39, 0.29) is 22.3 Å². The number of thioether (sulfide) groups is 2. The molecule has 2 unspecified atom stereocenters. The molecular weight excluding hydrogens is 280 g/mol. The van der Waals surface area contributed by atoms with Gasteiger partial charge in [0.05, 0.1) is 12.4 Å². The Hall–Kier alpha value is -0.940. The Morgan fingerprint density at radius 2 is 2.21 bits per heavy atom. The minimum Gasteiger partial charge on any atom is -0.468 e. The van der Waals surface area contributed by atoms with Crippen molar-refractivity contribution >= 4 is 35.3 Å². The highest BCUT2D eigenvalue weighted by molar-refractivity contribution is 8.01. The van der Waals surface area contributed by atoms with E-state index in [0.717, 1.165) is 16.0 Å². The minimum absolute atomic E-state index is 0.0963. The molecule has 1 heterocycles. The SMILES string of the molecule is COC(=O)C1Cc2cc(SC)ccc2C(=O)C(C)S1. The molecule has 0 saturated carbocycles. The smallest absolute Gasteiger partial charge is 0.319 e. The molecule has 0 aromatic heterocycles. The van der Waals surface area contributed by atoms with Crippen molar-refractivity contribution in [3.05, 3.63) is 29.3 Å². The first-order valence-corrected chi connectivity index (χ1v) is 8.18. The molecule has 102 valence electrons. The first-order valence-electron chi connectivity index (χ1n) is 6.01. The number of ether oxygens (including phenoxy) is 1. The fourth-order valence-electron chi connectivity index (χ4n) is 2.15. The Bertz CT molecular complexity index is 513. The van der Waals surface area contributed by atoms with Gasteiger partial charge in [0.1, 0.15) is 5.25 Å². The van der Waals surface area contributed by atoms with Crippen molar-refractivity contribution in [2.24, 2.45) is 0 Å². The van der Waals surface area contributed by atoms with Crippen molar-refractivity contribution in [2.45, 2.75) is 28.7 Å². The molecule has 0 radical (unpaired) electrons. The normalized spacial score (nSPS) is 22.6. The largest absolute Gasteiger partial charge is 0.468 e. The first-order chi connectivity index (χ1) is 9.06. The summed E-state index contributed by atoms with van der Waals surface area (Å²) in [5, 5.41) is -0.521. The second kappa shape index (κ2) is 6.01. The van der Waals surface area contributed by atoms with Crippen LogP contribution >= 0.6 is 23.5 Å². The van der Waals surface area contributed by atoms with Crippen LogP contribution in [-0.2, 0) is 16.0 Å². The van der Waals surface area contributed by atoms with Gasteiger partial charge in [0, 0.05) is 10.5 Å². The molecule has 0 aliphatic carbocycles. The molecular formula is C14H16O3S2. The van der Waals surface area contributed by atoms with Crippen molar-refractivity contribution in [2.75, 3.05) is 13.4 Å². The number of methoxy groups -OCH3 is 1. The van der Waals surface area contributed by atoms with Gasteiger partial charge >= 0.3 is 5.97 Å². The molecule has 2 rings (SSSR count). The first kappa shape index (κ1) is 14.5. The summed E-state index contributed by atoms with van der Waals surface area (Å²) in [5.41, 5.74) is 1.69. The minimum atomic E-state index is -0.303. The predicted octanol–water partition coefficient (Wildman–Crippen LogP) is 2.81. The topological polar surface area (TPSA) is 43.4 Å². The number of benzene rings is 1. The number of carbonyl (C=O) groups excluding carboxylic acids is 2. The Morgan fingerprint density at radius 1 is 1.47 bits per heavy atom. The van der Waals surface area contributed by atoms with Gasteiger partial charge in [-0.2, -0.15) is 0 Å². The highest BCUT2D eigenvalue weighted by Gasteiger charge is 2.32. The lowest BCUT2D eigenvalue weighted by atomic mass is 9.98. The third kappa shape index (κ3) is 2.98. The summed E-state index contributed by atoms with van der Waals surface area (Å²) >= 11 is 3.02. The van der Waals surface area contributed by atoms with E-state index in [9.17, 15) is 9.59 Å². The number of hydrogen-bond acceptors (Lipinski definition) is 5. The van der Waals surface area contributed by atoms with Gasteiger partial charge in [-0.1, -0.05) is 0 Å². The summed E-state index contributed by atoms with van der Waals surface area (Å²) in [4.78, 5) is 25.2. The number of carbonyl (C=O) groups is 2. The molecule has 0 N–H and O–H groups in total. The highest BCUT2D eigenvalue weighted by Crippen LogP contribution is 2.32. The predicted molar refractivity (Wildman–Crippen MR) is 79.1 cm³/mol. The summed E-state index contributed by atoms with van der Waals surface area (Å²) in [6.07, 6.45) is 2.55. The summed E-state index contributed by atoms with van der Waals surface area (Å²) < 4.78 is 4.82. The van der Waals surface area contributed by atoms with Crippen LogP contribution in [0, 0.1) is 0 Å². The van der Waals surface area contributed by atoms with Gasteiger partial charge in [0.15, 0.2) is 5.78 Å². The van der Waals surface area contributed by atoms with Crippen LogP contribution in [0.1, 0.15) is 22.8 Å². The van der Waals surface area contributed by atoms with E-state index in [0.29, 0.717) is 6.42 Å². The van der Waals surface area contributed by atoms with Crippen LogP contribution in [-0.4, -0.2) is 35.6 Å². The van der Waals surface area contributed by atoms with Crippen LogP contribution in [0.5, 0.6) is 0 Å². The molecule has 3 nitrogen and oxygen atoms in total. The quantitative estimate of drug-likeness (QED) is 0.620. The Balaban J connectivity index is 2.42. The Morgan fingerprint density at radius 3 is 2.84 bits per heavy atom. The Kier molecular flexibility index (Phi) is 4.58. The van der Waals surface area contributed by atoms with Crippen molar-refractivity contribution in [1.82, 2.24) is 0 Å². The summed E-state index contributed by atoms with van der Waals surface area (Å²) in [7, 11) is 1.39. The van der Waals surface area contributed by atoms with Crippen molar-refractivity contribution in [3.8, 4) is 0 Å². The van der Waals surface area contributed by atoms with E-state index in [1.54, 1.807) is 11.8 Å². The van der Waals surface area contributed by atoms with Crippen molar-refractivity contribution in [3.63, 3.8) is 0 Å². The van der Waals surface area contributed by atoms with Gasteiger partial charge in [-0.05, 0) is 43.4 Å². The molecule has 1 aromatic carbocycles. The van der Waals surface area contributed by atoms with Crippen LogP contribution in [0.15, 0.2) is 23.1 Å². The molecule has 1 aromatic rings. The van der Waals surface area contributed by atoms with E-state index in [2.05, 4.69) is 0 Å². The van der Waals surface area contributed by atoms with Gasteiger partial charge in [0.25, 0.3) is 0 Å². The maximum Gasteiger partial charge on any atom is 0.319 e. The zero-order chi connectivity index (χ0) is 14.0. The van der Waals surface area contributed by atoms with Crippen molar-refractivity contribution < 1.29 is 14.3 Å². The lowest BCUT2D eigenvalue weighted by Crippen LogP contribution is -2.23. The van der Waals surface area contributed by atoms with Gasteiger partial charge in [-0.25, -0.2) is 0 Å². The van der Waals surface area contributed by atoms with Crippen molar-refractivity contribution in [1.29, 1.82) is 0 Å². The summed E-state index contributed by atoms with van der Waals surface area (Å²) in [6.45, 7) is 1.85. The molecule has 0 amide bonds. The van der Waals surface area contributed by atoms with Crippen LogP contribution in [0.25, 0.3) is 0 Å². The lowest BCUT2D eigenvalue weighted by Gasteiger charge is -2.13. The van der Waals surface area contributed by atoms with E-state index in [4.69, 9.17) is 4.74 Å². The van der Waals surface area contributed by atoms with Crippen LogP contribution in [0.4, 0.5) is 0 Å². The molecule has 19 heavy (non-hydrogen) atoms. The highest BCUT2D eigenvalue weighted by atomic mass is 32.2. The van der Waals surface area contributed by atoms with E-state index in [1.165, 1.54) is 18.9 Å². The van der Waals surface area contributed by atoms with E-state index < -0.39 is 0 Å². The van der Waals surface area contributed by atoms with Crippen LogP contribution < -0.4 is 0 Å². The van der Waals surface area contributed by atoms with E-state index >= 15 is 0 Å². The average Bonchev–Trinajstić information content (AvgIpc) is 2.55. The van der Waals surface area contributed by atoms with Gasteiger partial charge in [-0.3, -0.25) is 9.59 Å². The van der Waals surface area contributed by atoms with E-state index in [1.807, 2.05) is 31.4 Å². The zero-order valence-electron chi connectivity index (χ0n) is 11.1. The second-order valence-corrected chi connectivity index (χ2v) is 6.81. The summed E-state index contributed by atoms with van der Waals surface area (Å²) in [6, 6.07) is 5.84. The molecule has 2 atom stereocenters.